The Morgan fingerprint density at radius 3 is 2.73 bits per heavy atom. The maximum Gasteiger partial charge on any atom is 0.256 e. The maximum absolute atomic E-state index is 12.0. The van der Waals surface area contributed by atoms with E-state index in [-0.39, 0.29) is 5.91 Å². The largest absolute Gasteiger partial charge is 0.339 e. The summed E-state index contributed by atoms with van der Waals surface area (Å²) < 4.78 is 0. The molecule has 0 aliphatic carbocycles. The van der Waals surface area contributed by atoms with Crippen LogP contribution in [0, 0.1) is 0 Å². The van der Waals surface area contributed by atoms with E-state index < -0.39 is 0 Å². The monoisotopic (exact) mass is 224 g/mol. The van der Waals surface area contributed by atoms with Gasteiger partial charge in [0, 0.05) is 19.3 Å². The molecule has 80 valence electrons. The van der Waals surface area contributed by atoms with Gasteiger partial charge in [-0.2, -0.15) is 0 Å². The van der Waals surface area contributed by atoms with Gasteiger partial charge in [0.2, 0.25) is 0 Å². The second-order valence-electron chi connectivity index (χ2n) is 3.69. The van der Waals surface area contributed by atoms with Crippen LogP contribution >= 0.6 is 11.6 Å². The minimum atomic E-state index is 0.00722. The van der Waals surface area contributed by atoms with Crippen LogP contribution in [-0.4, -0.2) is 28.9 Å². The summed E-state index contributed by atoms with van der Waals surface area (Å²) in [5.41, 5.74) is 0.515. The van der Waals surface area contributed by atoms with Gasteiger partial charge in [0.05, 0.1) is 5.56 Å². The lowest BCUT2D eigenvalue weighted by molar-refractivity contribution is 0.0724. The highest BCUT2D eigenvalue weighted by atomic mass is 35.5. The maximum atomic E-state index is 12.0. The molecule has 1 aliphatic rings. The average molecular weight is 225 g/mol. The number of aromatic nitrogens is 1. The van der Waals surface area contributed by atoms with Crippen molar-refractivity contribution in [1.82, 2.24) is 9.88 Å². The number of likely N-dealkylation sites (tertiary alicyclic amines) is 1. The Bertz CT molecular complexity index is 361. The van der Waals surface area contributed by atoms with Crippen LogP contribution in [-0.2, 0) is 0 Å². The lowest BCUT2D eigenvalue weighted by Gasteiger charge is -2.26. The molecule has 4 heteroatoms. The van der Waals surface area contributed by atoms with Crippen LogP contribution in [0.2, 0.25) is 5.15 Å². The van der Waals surface area contributed by atoms with Crippen LogP contribution in [0.5, 0.6) is 0 Å². The predicted molar refractivity (Wildman–Crippen MR) is 59.0 cm³/mol. The Labute approximate surface area is 94.1 Å². The second-order valence-corrected chi connectivity index (χ2v) is 4.05. The van der Waals surface area contributed by atoms with Crippen molar-refractivity contribution in [3.63, 3.8) is 0 Å². The normalized spacial score (nSPS) is 16.5. The van der Waals surface area contributed by atoms with Crippen LogP contribution in [0.3, 0.4) is 0 Å². The van der Waals surface area contributed by atoms with E-state index in [0.717, 1.165) is 25.9 Å². The highest BCUT2D eigenvalue weighted by Gasteiger charge is 2.20. The zero-order valence-electron chi connectivity index (χ0n) is 8.45. The number of rotatable bonds is 1. The molecule has 1 saturated heterocycles. The molecule has 0 aromatic carbocycles. The topological polar surface area (TPSA) is 33.2 Å². The molecule has 3 nitrogen and oxygen atoms in total. The van der Waals surface area contributed by atoms with E-state index in [1.807, 2.05) is 4.90 Å². The third-order valence-electron chi connectivity index (χ3n) is 2.63. The fraction of sp³-hybridized carbons (Fsp3) is 0.455. The third-order valence-corrected chi connectivity index (χ3v) is 2.93. The first-order valence-corrected chi connectivity index (χ1v) is 5.56. The zero-order valence-corrected chi connectivity index (χ0v) is 9.20. The lowest BCUT2D eigenvalue weighted by Crippen LogP contribution is -2.35. The van der Waals surface area contributed by atoms with Gasteiger partial charge in [0.1, 0.15) is 5.15 Å². The summed E-state index contributed by atoms with van der Waals surface area (Å²) >= 11 is 5.88. The van der Waals surface area contributed by atoms with Crippen molar-refractivity contribution in [3.05, 3.63) is 29.0 Å². The molecular weight excluding hydrogens is 212 g/mol. The van der Waals surface area contributed by atoms with E-state index in [9.17, 15) is 4.79 Å². The molecule has 0 N–H and O–H groups in total. The fourth-order valence-electron chi connectivity index (χ4n) is 1.81. The van der Waals surface area contributed by atoms with Crippen molar-refractivity contribution in [3.8, 4) is 0 Å². The number of hydrogen-bond donors (Lipinski definition) is 0. The van der Waals surface area contributed by atoms with Gasteiger partial charge in [-0.15, -0.1) is 0 Å². The number of halogens is 1. The quantitative estimate of drug-likeness (QED) is 0.687. The van der Waals surface area contributed by atoms with Gasteiger partial charge in [0.15, 0.2) is 0 Å². The van der Waals surface area contributed by atoms with Gasteiger partial charge in [-0.1, -0.05) is 11.6 Å². The number of carbonyl (C=O) groups excluding carboxylic acids is 1. The summed E-state index contributed by atoms with van der Waals surface area (Å²) in [4.78, 5) is 17.8. The first-order valence-electron chi connectivity index (χ1n) is 5.19. The number of amides is 1. The highest BCUT2D eigenvalue weighted by molar-refractivity contribution is 6.32. The minimum absolute atomic E-state index is 0.00722. The molecule has 2 heterocycles. The second kappa shape index (κ2) is 4.62. The first kappa shape index (κ1) is 10.4. The van der Waals surface area contributed by atoms with E-state index in [4.69, 9.17) is 11.6 Å². The molecule has 0 bridgehead atoms. The van der Waals surface area contributed by atoms with Gasteiger partial charge in [-0.05, 0) is 31.4 Å². The molecular formula is C11H13ClN2O. The van der Waals surface area contributed by atoms with Crippen LogP contribution in [0.15, 0.2) is 18.3 Å². The van der Waals surface area contributed by atoms with Crippen molar-refractivity contribution >= 4 is 17.5 Å². The molecule has 1 aliphatic heterocycles. The van der Waals surface area contributed by atoms with Crippen molar-refractivity contribution in [2.45, 2.75) is 19.3 Å². The highest BCUT2D eigenvalue weighted by Crippen LogP contribution is 2.17. The molecule has 1 aromatic rings. The summed E-state index contributed by atoms with van der Waals surface area (Å²) in [5, 5.41) is 0.299. The molecule has 1 amide bonds. The van der Waals surface area contributed by atoms with Gasteiger partial charge >= 0.3 is 0 Å². The number of hydrogen-bond acceptors (Lipinski definition) is 2. The lowest BCUT2D eigenvalue weighted by atomic mass is 10.1. The Morgan fingerprint density at radius 2 is 2.07 bits per heavy atom. The van der Waals surface area contributed by atoms with Gasteiger partial charge in [-0.3, -0.25) is 4.79 Å². The van der Waals surface area contributed by atoms with Gasteiger partial charge in [-0.25, -0.2) is 4.98 Å². The van der Waals surface area contributed by atoms with Crippen LogP contribution in [0.1, 0.15) is 29.6 Å². The molecule has 1 fully saturated rings. The van der Waals surface area contributed by atoms with Gasteiger partial charge in [0.25, 0.3) is 5.91 Å². The molecule has 0 spiro atoms. The summed E-state index contributed by atoms with van der Waals surface area (Å²) in [7, 11) is 0. The van der Waals surface area contributed by atoms with E-state index in [1.165, 1.54) is 6.42 Å². The van der Waals surface area contributed by atoms with Crippen molar-refractivity contribution in [1.29, 1.82) is 0 Å². The predicted octanol–water partition coefficient (Wildman–Crippen LogP) is 2.36. The Morgan fingerprint density at radius 1 is 1.33 bits per heavy atom. The van der Waals surface area contributed by atoms with Crippen molar-refractivity contribution in [2.75, 3.05) is 13.1 Å². The first-order chi connectivity index (χ1) is 7.29. The summed E-state index contributed by atoms with van der Waals surface area (Å²) in [5.74, 6) is 0.00722. The third kappa shape index (κ3) is 2.29. The SMILES string of the molecule is O=C(c1cccnc1Cl)N1CCCCC1. The molecule has 2 rings (SSSR count). The van der Waals surface area contributed by atoms with Crippen molar-refractivity contribution in [2.24, 2.45) is 0 Å². The molecule has 0 unspecified atom stereocenters. The molecule has 0 saturated carbocycles. The van der Waals surface area contributed by atoms with Crippen LogP contribution in [0.25, 0.3) is 0 Å². The Hall–Kier alpha value is -1.09. The van der Waals surface area contributed by atoms with Crippen LogP contribution in [0.4, 0.5) is 0 Å². The molecule has 0 atom stereocenters. The standard InChI is InChI=1S/C11H13ClN2O/c12-10-9(5-4-6-13-10)11(15)14-7-2-1-3-8-14/h4-6H,1-3,7-8H2. The fourth-order valence-corrected chi connectivity index (χ4v) is 2.01. The summed E-state index contributed by atoms with van der Waals surface area (Å²) in [6, 6.07) is 3.47. The molecule has 0 radical (unpaired) electrons. The molecule has 1 aromatic heterocycles. The smallest absolute Gasteiger partial charge is 0.256 e. The van der Waals surface area contributed by atoms with E-state index >= 15 is 0 Å². The van der Waals surface area contributed by atoms with Crippen LogP contribution < -0.4 is 0 Å². The Kier molecular flexibility index (Phi) is 3.21. The number of pyridine rings is 1. The van der Waals surface area contributed by atoms with Gasteiger partial charge < -0.3 is 4.90 Å². The number of nitrogens with zero attached hydrogens (tertiary/aromatic N) is 2. The van der Waals surface area contributed by atoms with E-state index in [2.05, 4.69) is 4.98 Å². The average Bonchev–Trinajstić information content (AvgIpc) is 2.30. The van der Waals surface area contributed by atoms with Crippen molar-refractivity contribution < 1.29 is 4.79 Å². The number of carbonyl (C=O) groups is 1. The summed E-state index contributed by atoms with van der Waals surface area (Å²) in [6.07, 6.45) is 4.98. The minimum Gasteiger partial charge on any atom is -0.339 e. The van der Waals surface area contributed by atoms with E-state index in [0.29, 0.717) is 10.7 Å². The number of piperidine rings is 1. The van der Waals surface area contributed by atoms with E-state index in [1.54, 1.807) is 18.3 Å². The summed E-state index contributed by atoms with van der Waals surface area (Å²) in [6.45, 7) is 1.67. The molecule has 15 heavy (non-hydrogen) atoms. The Balaban J connectivity index is 2.16. The zero-order chi connectivity index (χ0) is 10.7.